The molecule has 1 aliphatic carbocycles. The normalized spacial score (nSPS) is 25.1. The minimum atomic E-state index is 0. The van der Waals surface area contributed by atoms with Gasteiger partial charge in [-0.1, -0.05) is 49.6 Å². The fourth-order valence-corrected chi connectivity index (χ4v) is 3.93. The number of halogens is 1. The average molecular weight is 457 g/mol. The van der Waals surface area contributed by atoms with Crippen LogP contribution in [0.5, 0.6) is 0 Å². The van der Waals surface area contributed by atoms with Crippen molar-refractivity contribution in [3.63, 3.8) is 0 Å². The SMILES string of the molecule is CN=C(NCC1CCCOC1c1ccccc1)NC1CCCCC1.I. The van der Waals surface area contributed by atoms with Crippen molar-refractivity contribution in [1.82, 2.24) is 10.6 Å². The van der Waals surface area contributed by atoms with E-state index in [2.05, 4.69) is 46.0 Å². The molecule has 0 spiro atoms. The van der Waals surface area contributed by atoms with E-state index in [-0.39, 0.29) is 30.1 Å². The number of hydrogen-bond donors (Lipinski definition) is 2. The fraction of sp³-hybridized carbons (Fsp3) is 0.650. The maximum atomic E-state index is 6.09. The van der Waals surface area contributed by atoms with Crippen LogP contribution in [0.1, 0.15) is 56.6 Å². The summed E-state index contributed by atoms with van der Waals surface area (Å²) in [6.07, 6.45) is 9.11. The Hall–Kier alpha value is -0.820. The van der Waals surface area contributed by atoms with Crippen LogP contribution in [0, 0.1) is 5.92 Å². The summed E-state index contributed by atoms with van der Waals surface area (Å²) >= 11 is 0. The van der Waals surface area contributed by atoms with Crippen LogP contribution in [0.15, 0.2) is 35.3 Å². The second kappa shape index (κ2) is 11.0. The molecule has 0 amide bonds. The third kappa shape index (κ3) is 6.13. The van der Waals surface area contributed by atoms with E-state index in [9.17, 15) is 0 Å². The van der Waals surface area contributed by atoms with Gasteiger partial charge < -0.3 is 15.4 Å². The lowest BCUT2D eigenvalue weighted by Gasteiger charge is -2.33. The van der Waals surface area contributed by atoms with Crippen LogP contribution in [0.3, 0.4) is 0 Å². The van der Waals surface area contributed by atoms with Crippen LogP contribution in [-0.2, 0) is 4.74 Å². The standard InChI is InChI=1S/C20H31N3O.HI/c1-21-20(23-18-12-6-3-7-13-18)22-15-17-11-8-14-24-19(17)16-9-4-2-5-10-16;/h2,4-5,9-10,17-19H,3,6-8,11-15H2,1H3,(H2,21,22,23);1H. The van der Waals surface area contributed by atoms with E-state index in [1.807, 2.05) is 7.05 Å². The molecule has 1 saturated carbocycles. The van der Waals surface area contributed by atoms with Crippen LogP contribution >= 0.6 is 24.0 Å². The minimum Gasteiger partial charge on any atom is -0.373 e. The molecule has 2 fully saturated rings. The fourth-order valence-electron chi connectivity index (χ4n) is 3.93. The van der Waals surface area contributed by atoms with Gasteiger partial charge in [0, 0.05) is 32.2 Å². The van der Waals surface area contributed by atoms with Crippen molar-refractivity contribution in [2.45, 2.75) is 57.1 Å². The second-order valence-corrected chi connectivity index (χ2v) is 7.04. The van der Waals surface area contributed by atoms with Crippen LogP contribution in [0.2, 0.25) is 0 Å². The van der Waals surface area contributed by atoms with Crippen molar-refractivity contribution in [2.75, 3.05) is 20.2 Å². The monoisotopic (exact) mass is 457 g/mol. The molecular formula is C20H32IN3O. The molecule has 140 valence electrons. The zero-order valence-electron chi connectivity index (χ0n) is 15.2. The Balaban J connectivity index is 0.00000225. The molecule has 0 aromatic heterocycles. The van der Waals surface area contributed by atoms with Gasteiger partial charge in [-0.25, -0.2) is 0 Å². The lowest BCUT2D eigenvalue weighted by atomic mass is 9.89. The molecule has 4 nitrogen and oxygen atoms in total. The lowest BCUT2D eigenvalue weighted by Crippen LogP contribution is -2.46. The lowest BCUT2D eigenvalue weighted by molar-refractivity contribution is -0.0265. The van der Waals surface area contributed by atoms with E-state index >= 15 is 0 Å². The van der Waals surface area contributed by atoms with Crippen molar-refractivity contribution in [3.8, 4) is 0 Å². The Morgan fingerprint density at radius 3 is 2.56 bits per heavy atom. The first-order chi connectivity index (χ1) is 11.9. The number of nitrogens with one attached hydrogen (secondary N) is 2. The predicted octanol–water partition coefficient (Wildman–Crippen LogP) is 4.27. The number of hydrogen-bond acceptors (Lipinski definition) is 2. The van der Waals surface area contributed by atoms with Gasteiger partial charge in [-0.15, -0.1) is 24.0 Å². The third-order valence-corrected chi connectivity index (χ3v) is 5.27. The molecule has 1 heterocycles. The second-order valence-electron chi connectivity index (χ2n) is 7.04. The molecule has 5 heteroatoms. The highest BCUT2D eigenvalue weighted by atomic mass is 127. The van der Waals surface area contributed by atoms with Crippen molar-refractivity contribution in [1.29, 1.82) is 0 Å². The van der Waals surface area contributed by atoms with E-state index < -0.39 is 0 Å². The summed E-state index contributed by atoms with van der Waals surface area (Å²) in [5, 5.41) is 7.14. The first kappa shape index (κ1) is 20.5. The molecule has 0 bridgehead atoms. The van der Waals surface area contributed by atoms with Crippen LogP contribution in [0.4, 0.5) is 0 Å². The van der Waals surface area contributed by atoms with E-state index in [0.29, 0.717) is 12.0 Å². The summed E-state index contributed by atoms with van der Waals surface area (Å²) in [6.45, 7) is 1.77. The smallest absolute Gasteiger partial charge is 0.191 e. The predicted molar refractivity (Wildman–Crippen MR) is 115 cm³/mol. The summed E-state index contributed by atoms with van der Waals surface area (Å²) in [5.74, 6) is 1.44. The van der Waals surface area contributed by atoms with Crippen LogP contribution < -0.4 is 10.6 Å². The average Bonchev–Trinajstić information content (AvgIpc) is 2.67. The van der Waals surface area contributed by atoms with Crippen LogP contribution in [0.25, 0.3) is 0 Å². The molecule has 0 radical (unpaired) electrons. The van der Waals surface area contributed by atoms with Gasteiger partial charge >= 0.3 is 0 Å². The maximum absolute atomic E-state index is 6.09. The van der Waals surface area contributed by atoms with Crippen LogP contribution in [-0.4, -0.2) is 32.2 Å². The van der Waals surface area contributed by atoms with E-state index in [1.165, 1.54) is 44.1 Å². The first-order valence-electron chi connectivity index (χ1n) is 9.50. The highest BCUT2D eigenvalue weighted by Gasteiger charge is 2.27. The third-order valence-electron chi connectivity index (χ3n) is 5.27. The Bertz CT molecular complexity index is 517. The van der Waals surface area contributed by atoms with Gasteiger partial charge in [0.1, 0.15) is 0 Å². The summed E-state index contributed by atoms with van der Waals surface area (Å²) in [5.41, 5.74) is 1.29. The Morgan fingerprint density at radius 2 is 1.84 bits per heavy atom. The molecule has 25 heavy (non-hydrogen) atoms. The molecule has 1 aliphatic heterocycles. The van der Waals surface area contributed by atoms with Crippen molar-refractivity contribution < 1.29 is 4.74 Å². The first-order valence-corrected chi connectivity index (χ1v) is 9.50. The molecule has 1 aromatic carbocycles. The van der Waals surface area contributed by atoms with Crippen molar-refractivity contribution in [3.05, 3.63) is 35.9 Å². The Morgan fingerprint density at radius 1 is 1.08 bits per heavy atom. The van der Waals surface area contributed by atoms with Crippen molar-refractivity contribution in [2.24, 2.45) is 10.9 Å². The number of ether oxygens (including phenoxy) is 1. The highest BCUT2D eigenvalue weighted by molar-refractivity contribution is 14.0. The van der Waals surface area contributed by atoms with Gasteiger partial charge in [0.15, 0.2) is 5.96 Å². The zero-order chi connectivity index (χ0) is 16.6. The molecule has 1 aromatic rings. The number of benzene rings is 1. The molecule has 2 atom stereocenters. The molecule has 1 saturated heterocycles. The van der Waals surface area contributed by atoms with Gasteiger partial charge in [0.05, 0.1) is 6.10 Å². The Labute approximate surface area is 169 Å². The number of nitrogens with zero attached hydrogens (tertiary/aromatic N) is 1. The van der Waals surface area contributed by atoms with E-state index in [0.717, 1.165) is 25.5 Å². The van der Waals surface area contributed by atoms with Gasteiger partial charge in [0.2, 0.25) is 0 Å². The van der Waals surface area contributed by atoms with E-state index in [4.69, 9.17) is 4.74 Å². The number of guanidine groups is 1. The van der Waals surface area contributed by atoms with Gasteiger partial charge in [-0.3, -0.25) is 4.99 Å². The maximum Gasteiger partial charge on any atom is 0.191 e. The topological polar surface area (TPSA) is 45.7 Å². The molecule has 2 N–H and O–H groups in total. The van der Waals surface area contributed by atoms with Crippen molar-refractivity contribution >= 4 is 29.9 Å². The summed E-state index contributed by atoms with van der Waals surface area (Å²) in [4.78, 5) is 4.42. The number of aliphatic imine (C=N–C) groups is 1. The molecule has 2 aliphatic rings. The molecular weight excluding hydrogens is 425 g/mol. The minimum absolute atomic E-state index is 0. The highest BCUT2D eigenvalue weighted by Crippen LogP contribution is 2.33. The molecule has 2 unspecified atom stereocenters. The summed E-state index contributed by atoms with van der Waals surface area (Å²) in [7, 11) is 1.87. The quantitative estimate of drug-likeness (QED) is 0.403. The van der Waals surface area contributed by atoms with Gasteiger partial charge in [0.25, 0.3) is 0 Å². The van der Waals surface area contributed by atoms with Gasteiger partial charge in [-0.2, -0.15) is 0 Å². The molecule has 3 rings (SSSR count). The summed E-state index contributed by atoms with van der Waals surface area (Å²) in [6, 6.07) is 11.2. The largest absolute Gasteiger partial charge is 0.373 e. The van der Waals surface area contributed by atoms with E-state index in [1.54, 1.807) is 0 Å². The number of rotatable bonds is 4. The zero-order valence-corrected chi connectivity index (χ0v) is 17.6. The summed E-state index contributed by atoms with van der Waals surface area (Å²) < 4.78 is 6.09. The van der Waals surface area contributed by atoms with Gasteiger partial charge in [-0.05, 0) is 31.2 Å². The Kier molecular flexibility index (Phi) is 9.03.